The van der Waals surface area contributed by atoms with E-state index in [1.165, 1.54) is 29.4 Å². The van der Waals surface area contributed by atoms with E-state index in [4.69, 9.17) is 4.98 Å². The zero-order valence-corrected chi connectivity index (χ0v) is 17.2. The molecule has 4 aromatic rings. The van der Waals surface area contributed by atoms with Crippen LogP contribution >= 0.6 is 11.3 Å². The standard InChI is InChI=1S/C22H21N5OS/c1-13-6-4-5-7-17(13)14(2)24-21-23-11-10-18(26-21)16-8-9-19-20(12-16)29-22(27-19)25-15(3)28/h4-12,14H,1-3H3,(H,23,24,26)(H,25,27,28). The van der Waals surface area contributed by atoms with Gasteiger partial charge in [0.25, 0.3) is 0 Å². The van der Waals surface area contributed by atoms with Crippen LogP contribution in [-0.2, 0) is 4.79 Å². The Hall–Kier alpha value is -3.32. The molecule has 2 N–H and O–H groups in total. The van der Waals surface area contributed by atoms with Gasteiger partial charge in [0.15, 0.2) is 5.13 Å². The van der Waals surface area contributed by atoms with E-state index in [0.29, 0.717) is 11.1 Å². The van der Waals surface area contributed by atoms with Crippen LogP contribution in [0.1, 0.15) is 31.0 Å². The summed E-state index contributed by atoms with van der Waals surface area (Å²) in [5.74, 6) is 0.458. The molecule has 0 aliphatic heterocycles. The van der Waals surface area contributed by atoms with E-state index in [1.807, 2.05) is 36.4 Å². The summed E-state index contributed by atoms with van der Waals surface area (Å²) < 4.78 is 0.993. The first-order valence-electron chi connectivity index (χ1n) is 9.33. The molecule has 0 aliphatic carbocycles. The summed E-state index contributed by atoms with van der Waals surface area (Å²) in [7, 11) is 0. The Morgan fingerprint density at radius 2 is 1.93 bits per heavy atom. The summed E-state index contributed by atoms with van der Waals surface area (Å²) >= 11 is 1.45. The van der Waals surface area contributed by atoms with Crippen molar-refractivity contribution in [2.75, 3.05) is 10.6 Å². The summed E-state index contributed by atoms with van der Waals surface area (Å²) in [6.45, 7) is 5.68. The number of aryl methyl sites for hydroxylation is 1. The molecule has 0 saturated heterocycles. The van der Waals surface area contributed by atoms with Gasteiger partial charge in [-0.05, 0) is 43.2 Å². The third-order valence-corrected chi connectivity index (χ3v) is 5.56. The van der Waals surface area contributed by atoms with Crippen molar-refractivity contribution in [3.8, 4) is 11.3 Å². The van der Waals surface area contributed by atoms with Crippen LogP contribution in [0.3, 0.4) is 0 Å². The number of aromatic nitrogens is 3. The Morgan fingerprint density at radius 3 is 2.72 bits per heavy atom. The molecule has 2 aromatic carbocycles. The minimum absolute atomic E-state index is 0.0932. The summed E-state index contributed by atoms with van der Waals surface area (Å²) in [6.07, 6.45) is 1.76. The number of benzene rings is 2. The number of rotatable bonds is 5. The van der Waals surface area contributed by atoms with E-state index in [0.717, 1.165) is 21.5 Å². The minimum atomic E-state index is -0.126. The van der Waals surface area contributed by atoms with Crippen LogP contribution in [0.2, 0.25) is 0 Å². The molecule has 2 heterocycles. The Balaban J connectivity index is 1.59. The maximum absolute atomic E-state index is 11.3. The summed E-state index contributed by atoms with van der Waals surface area (Å²) in [4.78, 5) is 24.8. The number of thiazole rings is 1. The predicted molar refractivity (Wildman–Crippen MR) is 118 cm³/mol. The number of anilines is 2. The Labute approximate surface area is 173 Å². The van der Waals surface area contributed by atoms with Crippen LogP contribution in [0.15, 0.2) is 54.7 Å². The van der Waals surface area contributed by atoms with Gasteiger partial charge in [-0.1, -0.05) is 41.7 Å². The first-order valence-corrected chi connectivity index (χ1v) is 10.1. The van der Waals surface area contributed by atoms with Gasteiger partial charge in [0.2, 0.25) is 11.9 Å². The quantitative estimate of drug-likeness (QED) is 0.479. The highest BCUT2D eigenvalue weighted by molar-refractivity contribution is 7.22. The summed E-state index contributed by atoms with van der Waals surface area (Å²) in [6, 6.07) is 16.2. The molecule has 29 heavy (non-hydrogen) atoms. The van der Waals surface area contributed by atoms with Gasteiger partial charge in [-0.2, -0.15) is 0 Å². The van der Waals surface area contributed by atoms with E-state index in [9.17, 15) is 4.79 Å². The van der Waals surface area contributed by atoms with Crippen molar-refractivity contribution in [3.05, 3.63) is 65.9 Å². The molecule has 0 saturated carbocycles. The van der Waals surface area contributed by atoms with Gasteiger partial charge in [0.05, 0.1) is 22.0 Å². The van der Waals surface area contributed by atoms with Gasteiger partial charge in [-0.15, -0.1) is 0 Å². The second-order valence-corrected chi connectivity index (χ2v) is 7.90. The fourth-order valence-corrected chi connectivity index (χ4v) is 4.17. The lowest BCUT2D eigenvalue weighted by atomic mass is 10.0. The Morgan fingerprint density at radius 1 is 1.10 bits per heavy atom. The van der Waals surface area contributed by atoms with Crippen molar-refractivity contribution >= 4 is 38.5 Å². The van der Waals surface area contributed by atoms with Gasteiger partial charge >= 0.3 is 0 Å². The zero-order valence-electron chi connectivity index (χ0n) is 16.4. The van der Waals surface area contributed by atoms with E-state index in [-0.39, 0.29) is 11.9 Å². The van der Waals surface area contributed by atoms with Crippen LogP contribution in [0.4, 0.5) is 11.1 Å². The van der Waals surface area contributed by atoms with E-state index >= 15 is 0 Å². The lowest BCUT2D eigenvalue weighted by Crippen LogP contribution is -2.10. The van der Waals surface area contributed by atoms with Gasteiger partial charge in [-0.25, -0.2) is 15.0 Å². The zero-order chi connectivity index (χ0) is 20.4. The molecule has 1 atom stereocenters. The molecule has 0 radical (unpaired) electrons. The second-order valence-electron chi connectivity index (χ2n) is 6.87. The molecule has 146 valence electrons. The van der Waals surface area contributed by atoms with Crippen LogP contribution in [0, 0.1) is 6.92 Å². The Bertz CT molecular complexity index is 1190. The highest BCUT2D eigenvalue weighted by Gasteiger charge is 2.11. The third kappa shape index (κ3) is 4.25. The number of amides is 1. The monoisotopic (exact) mass is 403 g/mol. The van der Waals surface area contributed by atoms with Crippen molar-refractivity contribution in [1.82, 2.24) is 15.0 Å². The molecule has 0 aliphatic rings. The number of carbonyl (C=O) groups excluding carboxylic acids is 1. The van der Waals surface area contributed by atoms with E-state index < -0.39 is 0 Å². The summed E-state index contributed by atoms with van der Waals surface area (Å²) in [5, 5.41) is 6.73. The van der Waals surface area contributed by atoms with Crippen LogP contribution < -0.4 is 10.6 Å². The van der Waals surface area contributed by atoms with Crippen molar-refractivity contribution in [3.63, 3.8) is 0 Å². The fraction of sp³-hybridized carbons (Fsp3) is 0.182. The van der Waals surface area contributed by atoms with Gasteiger partial charge in [0.1, 0.15) is 0 Å². The third-order valence-electron chi connectivity index (χ3n) is 4.62. The van der Waals surface area contributed by atoms with Crippen molar-refractivity contribution in [2.45, 2.75) is 26.8 Å². The largest absolute Gasteiger partial charge is 0.348 e. The number of nitrogens with zero attached hydrogens (tertiary/aromatic N) is 3. The SMILES string of the molecule is CC(=O)Nc1nc2ccc(-c3ccnc(NC(C)c4ccccc4C)n3)cc2s1. The molecule has 0 fully saturated rings. The number of hydrogen-bond acceptors (Lipinski definition) is 6. The minimum Gasteiger partial charge on any atom is -0.348 e. The lowest BCUT2D eigenvalue weighted by molar-refractivity contribution is -0.114. The van der Waals surface area contributed by atoms with Crippen LogP contribution in [0.25, 0.3) is 21.5 Å². The predicted octanol–water partition coefficient (Wildman–Crippen LogP) is 5.19. The average molecular weight is 404 g/mol. The van der Waals surface area contributed by atoms with Gasteiger partial charge in [0, 0.05) is 18.7 Å². The number of nitrogens with one attached hydrogen (secondary N) is 2. The second kappa shape index (κ2) is 7.97. The Kier molecular flexibility index (Phi) is 5.22. The van der Waals surface area contributed by atoms with Crippen molar-refractivity contribution in [1.29, 1.82) is 0 Å². The highest BCUT2D eigenvalue weighted by atomic mass is 32.1. The molecule has 1 unspecified atom stereocenters. The first-order chi connectivity index (χ1) is 14.0. The normalized spacial score (nSPS) is 12.0. The lowest BCUT2D eigenvalue weighted by Gasteiger charge is -2.16. The number of fused-ring (bicyclic) bond motifs is 1. The molecule has 7 heteroatoms. The molecule has 2 aromatic heterocycles. The smallest absolute Gasteiger partial charge is 0.223 e. The van der Waals surface area contributed by atoms with Crippen LogP contribution in [-0.4, -0.2) is 20.9 Å². The van der Waals surface area contributed by atoms with E-state index in [2.05, 4.69) is 46.6 Å². The van der Waals surface area contributed by atoms with Crippen LogP contribution in [0.5, 0.6) is 0 Å². The number of hydrogen-bond donors (Lipinski definition) is 2. The fourth-order valence-electron chi connectivity index (χ4n) is 3.22. The molecule has 0 bridgehead atoms. The molecule has 4 rings (SSSR count). The van der Waals surface area contributed by atoms with E-state index in [1.54, 1.807) is 6.20 Å². The highest BCUT2D eigenvalue weighted by Crippen LogP contribution is 2.30. The molecule has 1 amide bonds. The van der Waals surface area contributed by atoms with Crippen molar-refractivity contribution in [2.24, 2.45) is 0 Å². The average Bonchev–Trinajstić information content (AvgIpc) is 3.09. The number of carbonyl (C=O) groups is 1. The maximum Gasteiger partial charge on any atom is 0.223 e. The van der Waals surface area contributed by atoms with Crippen molar-refractivity contribution < 1.29 is 4.79 Å². The molecular formula is C22H21N5OS. The maximum atomic E-state index is 11.3. The topological polar surface area (TPSA) is 79.8 Å². The molecule has 0 spiro atoms. The first kappa shape index (κ1) is 19.0. The van der Waals surface area contributed by atoms with Gasteiger partial charge < -0.3 is 10.6 Å². The molecular weight excluding hydrogens is 382 g/mol. The summed E-state index contributed by atoms with van der Waals surface area (Å²) in [5.41, 5.74) is 5.11. The van der Waals surface area contributed by atoms with Gasteiger partial charge in [-0.3, -0.25) is 4.79 Å². The molecule has 6 nitrogen and oxygen atoms in total.